The Bertz CT molecular complexity index is 1880. The molecule has 0 aliphatic heterocycles. The van der Waals surface area contributed by atoms with Crippen LogP contribution >= 0.6 is 0 Å². The molecule has 5 rings (SSSR count). The van der Waals surface area contributed by atoms with Crippen LogP contribution in [0.1, 0.15) is 50.2 Å². The number of anilines is 1. The highest BCUT2D eigenvalue weighted by molar-refractivity contribution is 7.92. The molecule has 0 bridgehead atoms. The van der Waals surface area contributed by atoms with Gasteiger partial charge in [0, 0.05) is 25.1 Å². The van der Waals surface area contributed by atoms with Crippen LogP contribution in [-0.4, -0.2) is 64.6 Å². The van der Waals surface area contributed by atoms with E-state index in [9.17, 15) is 22.4 Å². The molecule has 1 saturated carbocycles. The van der Waals surface area contributed by atoms with Gasteiger partial charge in [-0.25, -0.2) is 12.8 Å². The van der Waals surface area contributed by atoms with Gasteiger partial charge in [-0.2, -0.15) is 0 Å². The lowest BCUT2D eigenvalue weighted by molar-refractivity contribution is -0.140. The maximum atomic E-state index is 14.8. The number of carbonyl (C=O) groups is 2. The highest BCUT2D eigenvalue weighted by Gasteiger charge is 2.36. The Morgan fingerprint density at radius 3 is 2.15 bits per heavy atom. The van der Waals surface area contributed by atoms with Crippen molar-refractivity contribution < 1.29 is 36.6 Å². The largest absolute Gasteiger partial charge is 0.494 e. The van der Waals surface area contributed by atoms with E-state index in [4.69, 9.17) is 14.2 Å². The van der Waals surface area contributed by atoms with Gasteiger partial charge in [-0.15, -0.1) is 0 Å². The van der Waals surface area contributed by atoms with Crippen molar-refractivity contribution in [1.29, 1.82) is 0 Å². The molecular weight excluding hydrogens is 686 g/mol. The molecule has 4 aromatic carbocycles. The van der Waals surface area contributed by atoms with Gasteiger partial charge in [0.2, 0.25) is 11.8 Å². The van der Waals surface area contributed by atoms with Crippen LogP contribution in [0.4, 0.5) is 10.1 Å². The second kappa shape index (κ2) is 17.9. The lowest BCUT2D eigenvalue weighted by Gasteiger charge is -2.35. The van der Waals surface area contributed by atoms with E-state index in [0.717, 1.165) is 42.0 Å². The monoisotopic (exact) mass is 731 g/mol. The van der Waals surface area contributed by atoms with Gasteiger partial charge in [-0.3, -0.25) is 13.9 Å². The van der Waals surface area contributed by atoms with E-state index in [-0.39, 0.29) is 41.2 Å². The number of rotatable bonds is 16. The number of methoxy groups -OCH3 is 2. The predicted octanol–water partition coefficient (Wildman–Crippen LogP) is 6.53. The highest BCUT2D eigenvalue weighted by Crippen LogP contribution is 2.33. The Morgan fingerprint density at radius 2 is 1.52 bits per heavy atom. The lowest BCUT2D eigenvalue weighted by atomic mass is 9.94. The van der Waals surface area contributed by atoms with Crippen LogP contribution in [0.25, 0.3) is 0 Å². The normalized spacial score (nSPS) is 13.8. The van der Waals surface area contributed by atoms with Crippen molar-refractivity contribution in [3.05, 3.63) is 114 Å². The SMILES string of the molecule is CCOc1ccc(N(CC(=O)N(Cc2ccc(F)cc2)[C@H](Cc2ccccc2)C(=O)NC2CCCCC2)S(=O)(=O)c2ccc(OC)c(OC)c2)cc1. The summed E-state index contributed by atoms with van der Waals surface area (Å²) >= 11 is 0. The van der Waals surface area contributed by atoms with Gasteiger partial charge >= 0.3 is 0 Å². The van der Waals surface area contributed by atoms with Crippen molar-refractivity contribution in [3.63, 3.8) is 0 Å². The maximum absolute atomic E-state index is 14.8. The minimum atomic E-state index is -4.41. The van der Waals surface area contributed by atoms with E-state index in [1.165, 1.54) is 49.5 Å². The fraction of sp³-hybridized carbons (Fsp3) is 0.350. The summed E-state index contributed by atoms with van der Waals surface area (Å²) < 4.78 is 60.4. The summed E-state index contributed by atoms with van der Waals surface area (Å²) in [4.78, 5) is 30.3. The molecular formula is C40H46FN3O7S. The molecule has 0 aromatic heterocycles. The van der Waals surface area contributed by atoms with Gasteiger partial charge in [-0.05, 0) is 79.4 Å². The van der Waals surface area contributed by atoms with Crippen LogP contribution in [0.15, 0.2) is 102 Å². The first kappa shape index (κ1) is 38.1. The second-order valence-corrected chi connectivity index (χ2v) is 14.5. The Hall–Kier alpha value is -5.10. The number of nitrogens with zero attached hydrogens (tertiary/aromatic N) is 2. The summed E-state index contributed by atoms with van der Waals surface area (Å²) in [6.45, 7) is 1.54. The van der Waals surface area contributed by atoms with Crippen LogP contribution in [0.2, 0.25) is 0 Å². The summed E-state index contributed by atoms with van der Waals surface area (Å²) in [5, 5.41) is 3.19. The molecule has 12 heteroatoms. The number of hydrogen-bond donors (Lipinski definition) is 1. The quantitative estimate of drug-likeness (QED) is 0.140. The Morgan fingerprint density at radius 1 is 0.846 bits per heavy atom. The van der Waals surface area contributed by atoms with Crippen molar-refractivity contribution >= 4 is 27.5 Å². The Kier molecular flexibility index (Phi) is 13.1. The standard InChI is InChI=1S/C40H46FN3O7S/c1-4-51-34-21-19-33(20-22-34)44(52(47,48)35-23-24-37(49-2)38(26-35)50-3)28-39(45)43(27-30-15-17-31(41)18-16-30)36(25-29-11-7-5-8-12-29)40(46)42-32-13-9-6-10-14-32/h5,7-8,11-12,15-24,26,32,36H,4,6,9-10,13-14,25,27-28H2,1-3H3,(H,42,46)/t36-/m1/s1. The van der Waals surface area contributed by atoms with E-state index in [1.54, 1.807) is 36.4 Å². The van der Waals surface area contributed by atoms with Crippen molar-refractivity contribution in [2.45, 2.75) is 69.0 Å². The van der Waals surface area contributed by atoms with E-state index in [1.807, 2.05) is 37.3 Å². The number of halogens is 1. The van der Waals surface area contributed by atoms with E-state index >= 15 is 0 Å². The molecule has 52 heavy (non-hydrogen) atoms. The van der Waals surface area contributed by atoms with Crippen molar-refractivity contribution in [2.75, 3.05) is 31.7 Å². The molecule has 1 aliphatic carbocycles. The summed E-state index contributed by atoms with van der Waals surface area (Å²) in [5.41, 5.74) is 1.61. The fourth-order valence-electron chi connectivity index (χ4n) is 6.39. The number of ether oxygens (including phenoxy) is 3. The van der Waals surface area contributed by atoms with E-state index in [2.05, 4.69) is 5.32 Å². The van der Waals surface area contributed by atoms with Crippen molar-refractivity contribution in [3.8, 4) is 17.2 Å². The minimum Gasteiger partial charge on any atom is -0.494 e. The maximum Gasteiger partial charge on any atom is 0.264 e. The third kappa shape index (κ3) is 9.61. The third-order valence-corrected chi connectivity index (χ3v) is 10.9. The van der Waals surface area contributed by atoms with Gasteiger partial charge in [0.15, 0.2) is 11.5 Å². The van der Waals surface area contributed by atoms with Gasteiger partial charge < -0.3 is 24.4 Å². The molecule has 276 valence electrons. The predicted molar refractivity (Wildman–Crippen MR) is 198 cm³/mol. The number of hydrogen-bond acceptors (Lipinski definition) is 7. The molecule has 0 radical (unpaired) electrons. The average molecular weight is 732 g/mol. The number of amides is 2. The molecule has 4 aromatic rings. The number of sulfonamides is 1. The molecule has 1 atom stereocenters. The van der Waals surface area contributed by atoms with Gasteiger partial charge in [0.25, 0.3) is 10.0 Å². The number of nitrogens with one attached hydrogen (secondary N) is 1. The zero-order chi connectivity index (χ0) is 37.1. The summed E-state index contributed by atoms with van der Waals surface area (Å²) in [6.07, 6.45) is 4.95. The minimum absolute atomic E-state index is 0.0342. The molecule has 1 aliphatic rings. The molecule has 0 saturated heterocycles. The molecule has 0 unspecified atom stereocenters. The molecule has 1 fully saturated rings. The first-order valence-electron chi connectivity index (χ1n) is 17.5. The first-order chi connectivity index (χ1) is 25.1. The molecule has 10 nitrogen and oxygen atoms in total. The average Bonchev–Trinajstić information content (AvgIpc) is 3.16. The highest BCUT2D eigenvalue weighted by atomic mass is 32.2. The fourth-order valence-corrected chi connectivity index (χ4v) is 7.82. The Labute approximate surface area is 305 Å². The molecule has 1 N–H and O–H groups in total. The third-order valence-electron chi connectivity index (χ3n) is 9.15. The molecule has 0 spiro atoms. The van der Waals surface area contributed by atoms with Crippen LogP contribution < -0.4 is 23.8 Å². The van der Waals surface area contributed by atoms with E-state index < -0.39 is 34.3 Å². The Balaban J connectivity index is 1.58. The molecule has 0 heterocycles. The zero-order valence-corrected chi connectivity index (χ0v) is 30.6. The van der Waals surface area contributed by atoms with Crippen molar-refractivity contribution in [1.82, 2.24) is 10.2 Å². The summed E-state index contributed by atoms with van der Waals surface area (Å²) in [7, 11) is -1.56. The van der Waals surface area contributed by atoms with Gasteiger partial charge in [0.05, 0.1) is 31.4 Å². The number of benzene rings is 4. The van der Waals surface area contributed by atoms with Gasteiger partial charge in [-0.1, -0.05) is 61.7 Å². The smallest absolute Gasteiger partial charge is 0.264 e. The number of carbonyl (C=O) groups excluding carboxylic acids is 2. The second-order valence-electron chi connectivity index (χ2n) is 12.7. The van der Waals surface area contributed by atoms with Crippen LogP contribution in [0.3, 0.4) is 0 Å². The molecule has 2 amide bonds. The van der Waals surface area contributed by atoms with Crippen molar-refractivity contribution in [2.24, 2.45) is 0 Å². The summed E-state index contributed by atoms with van der Waals surface area (Å²) in [6, 6.07) is 24.6. The lowest BCUT2D eigenvalue weighted by Crippen LogP contribution is -2.55. The van der Waals surface area contributed by atoms with Crippen LogP contribution in [0.5, 0.6) is 17.2 Å². The topological polar surface area (TPSA) is 114 Å². The van der Waals surface area contributed by atoms with Crippen LogP contribution in [0, 0.1) is 5.82 Å². The van der Waals surface area contributed by atoms with Gasteiger partial charge in [0.1, 0.15) is 24.2 Å². The van der Waals surface area contributed by atoms with Crippen LogP contribution in [-0.2, 0) is 32.6 Å². The van der Waals surface area contributed by atoms with E-state index in [0.29, 0.717) is 23.7 Å². The zero-order valence-electron chi connectivity index (χ0n) is 29.8. The summed E-state index contributed by atoms with van der Waals surface area (Å²) in [5.74, 6) is -0.338. The first-order valence-corrected chi connectivity index (χ1v) is 18.9.